The van der Waals surface area contributed by atoms with Gasteiger partial charge in [0.1, 0.15) is 5.75 Å². The smallest absolute Gasteiger partial charge is 0.246 e. The van der Waals surface area contributed by atoms with Crippen LogP contribution in [0.5, 0.6) is 17.5 Å². The lowest BCUT2D eigenvalue weighted by Crippen LogP contribution is -1.97. The number of nitrogens with zero attached hydrogens (tertiary/aromatic N) is 2. The number of hydrogen-bond acceptors (Lipinski definition) is 5. The van der Waals surface area contributed by atoms with Crippen LogP contribution in [0.1, 0.15) is 0 Å². The number of benzene rings is 1. The van der Waals surface area contributed by atoms with Gasteiger partial charge in [0.05, 0.1) is 24.5 Å². The van der Waals surface area contributed by atoms with E-state index in [4.69, 9.17) is 15.2 Å². The molecule has 0 saturated carbocycles. The van der Waals surface area contributed by atoms with Gasteiger partial charge in [-0.15, -0.1) is 0 Å². The molecule has 20 heavy (non-hydrogen) atoms. The topological polar surface area (TPSA) is 70.3 Å². The lowest BCUT2D eigenvalue weighted by atomic mass is 10.2. The largest absolute Gasteiger partial charge is 0.481 e. The minimum absolute atomic E-state index is 0.307. The number of para-hydroxylation sites is 1. The van der Waals surface area contributed by atoms with Gasteiger partial charge < -0.3 is 15.2 Å². The Morgan fingerprint density at radius 3 is 2.80 bits per heavy atom. The maximum absolute atomic E-state index is 5.84. The molecule has 0 atom stereocenters. The second-order valence-electron chi connectivity index (χ2n) is 4.21. The Balaban J connectivity index is 1.96. The lowest BCUT2D eigenvalue weighted by Gasteiger charge is -2.09. The van der Waals surface area contributed by atoms with Gasteiger partial charge in [0.25, 0.3) is 0 Å². The van der Waals surface area contributed by atoms with Crippen molar-refractivity contribution in [2.24, 2.45) is 0 Å². The molecule has 0 aliphatic heterocycles. The van der Waals surface area contributed by atoms with E-state index < -0.39 is 0 Å². The van der Waals surface area contributed by atoms with Crippen LogP contribution in [0.15, 0.2) is 48.7 Å². The van der Waals surface area contributed by atoms with E-state index in [0.29, 0.717) is 23.2 Å². The second kappa shape index (κ2) is 5.05. The van der Waals surface area contributed by atoms with Crippen molar-refractivity contribution in [3.05, 3.63) is 48.7 Å². The predicted molar refractivity (Wildman–Crippen MR) is 77.0 cm³/mol. The van der Waals surface area contributed by atoms with E-state index in [1.807, 2.05) is 30.3 Å². The summed E-state index contributed by atoms with van der Waals surface area (Å²) in [5.41, 5.74) is 7.19. The first-order chi connectivity index (χ1) is 9.76. The van der Waals surface area contributed by atoms with Crippen molar-refractivity contribution in [2.45, 2.75) is 0 Å². The zero-order chi connectivity index (χ0) is 13.9. The number of fused-ring (bicyclic) bond motifs is 1. The quantitative estimate of drug-likeness (QED) is 0.789. The van der Waals surface area contributed by atoms with Gasteiger partial charge in [-0.2, -0.15) is 4.98 Å². The molecule has 0 fully saturated rings. The van der Waals surface area contributed by atoms with Gasteiger partial charge in [0.15, 0.2) is 0 Å². The summed E-state index contributed by atoms with van der Waals surface area (Å²) in [6, 6.07) is 13.1. The fourth-order valence-corrected chi connectivity index (χ4v) is 1.85. The van der Waals surface area contributed by atoms with Gasteiger partial charge in [-0.3, -0.25) is 4.98 Å². The lowest BCUT2D eigenvalue weighted by molar-refractivity contribution is 0.384. The maximum atomic E-state index is 5.84. The molecule has 0 aliphatic rings. The van der Waals surface area contributed by atoms with Crippen LogP contribution in [-0.4, -0.2) is 17.1 Å². The van der Waals surface area contributed by atoms with E-state index in [1.165, 1.54) is 0 Å². The third-order valence-corrected chi connectivity index (χ3v) is 2.85. The van der Waals surface area contributed by atoms with Crippen molar-refractivity contribution < 1.29 is 9.47 Å². The summed E-state index contributed by atoms with van der Waals surface area (Å²) in [6.07, 6.45) is 1.64. The molecule has 0 aliphatic carbocycles. The number of anilines is 1. The first kappa shape index (κ1) is 12.2. The normalized spacial score (nSPS) is 10.4. The molecule has 1 aromatic carbocycles. The number of rotatable bonds is 3. The maximum Gasteiger partial charge on any atom is 0.246 e. The van der Waals surface area contributed by atoms with E-state index in [-0.39, 0.29) is 0 Å². The van der Waals surface area contributed by atoms with Crippen LogP contribution in [0.2, 0.25) is 0 Å². The average molecular weight is 267 g/mol. The fraction of sp³-hybridized carbons (Fsp3) is 0.0667. The number of pyridine rings is 2. The van der Waals surface area contributed by atoms with Crippen molar-refractivity contribution >= 4 is 16.6 Å². The zero-order valence-electron chi connectivity index (χ0n) is 10.9. The molecular weight excluding hydrogens is 254 g/mol. The van der Waals surface area contributed by atoms with Crippen LogP contribution >= 0.6 is 0 Å². The molecule has 0 bridgehead atoms. The summed E-state index contributed by atoms with van der Waals surface area (Å²) in [7, 11) is 1.54. The van der Waals surface area contributed by atoms with Gasteiger partial charge in [-0.25, -0.2) is 0 Å². The van der Waals surface area contributed by atoms with E-state index >= 15 is 0 Å². The van der Waals surface area contributed by atoms with Crippen molar-refractivity contribution in [1.82, 2.24) is 9.97 Å². The van der Waals surface area contributed by atoms with Gasteiger partial charge in [-0.05, 0) is 18.2 Å². The molecule has 100 valence electrons. The minimum Gasteiger partial charge on any atom is -0.481 e. The molecule has 2 aromatic heterocycles. The van der Waals surface area contributed by atoms with Gasteiger partial charge in [0, 0.05) is 11.5 Å². The monoisotopic (exact) mass is 267 g/mol. The molecule has 0 amide bonds. The first-order valence-corrected chi connectivity index (χ1v) is 6.09. The Kier molecular flexibility index (Phi) is 3.09. The summed E-state index contributed by atoms with van der Waals surface area (Å²) in [4.78, 5) is 8.49. The SMILES string of the molecule is COc1ccc(N)c(Oc2cnc3ccccc3c2)n1. The van der Waals surface area contributed by atoms with Gasteiger partial charge in [0.2, 0.25) is 11.8 Å². The summed E-state index contributed by atoms with van der Waals surface area (Å²) >= 11 is 0. The summed E-state index contributed by atoms with van der Waals surface area (Å²) < 4.78 is 10.7. The molecule has 0 unspecified atom stereocenters. The average Bonchev–Trinajstić information content (AvgIpc) is 2.49. The number of hydrogen-bond donors (Lipinski definition) is 1. The Hall–Kier alpha value is -2.82. The van der Waals surface area contributed by atoms with E-state index in [1.54, 1.807) is 25.4 Å². The molecule has 3 rings (SSSR count). The number of methoxy groups -OCH3 is 1. The van der Waals surface area contributed by atoms with E-state index in [0.717, 1.165) is 10.9 Å². The van der Waals surface area contributed by atoms with Crippen LogP contribution in [-0.2, 0) is 0 Å². The molecule has 0 saturated heterocycles. The van der Waals surface area contributed by atoms with Crippen molar-refractivity contribution in [2.75, 3.05) is 12.8 Å². The van der Waals surface area contributed by atoms with Crippen LogP contribution in [0.4, 0.5) is 5.69 Å². The summed E-state index contributed by atoms with van der Waals surface area (Å²) in [5, 5.41) is 0.992. The summed E-state index contributed by atoms with van der Waals surface area (Å²) in [6.45, 7) is 0. The third kappa shape index (κ3) is 2.33. The standard InChI is InChI=1S/C15H13N3O2/c1-19-14-7-6-12(16)15(18-14)20-11-8-10-4-2-3-5-13(10)17-9-11/h2-9H,16H2,1H3. The highest BCUT2D eigenvalue weighted by Gasteiger charge is 2.07. The molecule has 0 radical (unpaired) electrons. The second-order valence-corrected chi connectivity index (χ2v) is 4.21. The van der Waals surface area contributed by atoms with Crippen molar-refractivity contribution in [1.29, 1.82) is 0 Å². The summed E-state index contributed by atoms with van der Waals surface area (Å²) in [5.74, 6) is 1.33. The highest BCUT2D eigenvalue weighted by atomic mass is 16.5. The van der Waals surface area contributed by atoms with E-state index in [2.05, 4.69) is 9.97 Å². The highest BCUT2D eigenvalue weighted by molar-refractivity contribution is 5.79. The molecule has 2 heterocycles. The van der Waals surface area contributed by atoms with Gasteiger partial charge >= 0.3 is 0 Å². The third-order valence-electron chi connectivity index (χ3n) is 2.85. The number of ether oxygens (including phenoxy) is 2. The van der Waals surface area contributed by atoms with Crippen molar-refractivity contribution in [3.63, 3.8) is 0 Å². The fourth-order valence-electron chi connectivity index (χ4n) is 1.85. The molecule has 5 nitrogen and oxygen atoms in total. The van der Waals surface area contributed by atoms with Crippen LogP contribution in [0.3, 0.4) is 0 Å². The first-order valence-electron chi connectivity index (χ1n) is 6.09. The van der Waals surface area contributed by atoms with Crippen LogP contribution in [0, 0.1) is 0 Å². The number of nitrogens with two attached hydrogens (primary N) is 1. The number of aromatic nitrogens is 2. The van der Waals surface area contributed by atoms with E-state index in [9.17, 15) is 0 Å². The molecule has 2 N–H and O–H groups in total. The highest BCUT2D eigenvalue weighted by Crippen LogP contribution is 2.28. The molecule has 5 heteroatoms. The predicted octanol–water partition coefficient (Wildman–Crippen LogP) is 3.01. The Morgan fingerprint density at radius 1 is 1.10 bits per heavy atom. The zero-order valence-corrected chi connectivity index (χ0v) is 10.9. The van der Waals surface area contributed by atoms with Crippen LogP contribution in [0.25, 0.3) is 10.9 Å². The molecule has 3 aromatic rings. The Labute approximate surface area is 116 Å². The van der Waals surface area contributed by atoms with Crippen LogP contribution < -0.4 is 15.2 Å². The minimum atomic E-state index is 0.307. The van der Waals surface area contributed by atoms with Crippen molar-refractivity contribution in [3.8, 4) is 17.5 Å². The molecule has 0 spiro atoms. The number of nitrogen functional groups attached to an aromatic ring is 1. The Bertz CT molecular complexity index is 759. The Morgan fingerprint density at radius 2 is 1.95 bits per heavy atom. The molecular formula is C15H13N3O2. The van der Waals surface area contributed by atoms with Gasteiger partial charge in [-0.1, -0.05) is 18.2 Å².